The molecule has 9 atom stereocenters. The van der Waals surface area contributed by atoms with Crippen LogP contribution in [0, 0.1) is 56.2 Å². The van der Waals surface area contributed by atoms with Gasteiger partial charge in [0.1, 0.15) is 6.10 Å². The number of carbonyl (C=O) groups excluding carboxylic acids is 2. The van der Waals surface area contributed by atoms with E-state index >= 15 is 0 Å². The average molecular weight is 705 g/mol. The molecule has 0 amide bonds. The number of ketones is 1. The molecule has 282 valence electrons. The smallest absolute Gasteiger partial charge is 0.309 e. The van der Waals surface area contributed by atoms with Gasteiger partial charge >= 0.3 is 11.9 Å². The van der Waals surface area contributed by atoms with Gasteiger partial charge in [-0.15, -0.1) is 0 Å². The fraction of sp³-hybridized carbons (Fsp3) is 0.767. The van der Waals surface area contributed by atoms with Crippen molar-refractivity contribution in [3.8, 4) is 0 Å². The van der Waals surface area contributed by atoms with Crippen molar-refractivity contribution in [1.29, 1.82) is 0 Å². The lowest BCUT2D eigenvalue weighted by Crippen LogP contribution is -2.66. The second kappa shape index (κ2) is 13.1. The highest BCUT2D eigenvalue weighted by Crippen LogP contribution is 2.77. The summed E-state index contributed by atoms with van der Waals surface area (Å²) in [6.45, 7) is 20.7. The molecule has 1 aromatic heterocycles. The third kappa shape index (κ3) is 5.93. The molecule has 0 aromatic carbocycles. The van der Waals surface area contributed by atoms with Gasteiger partial charge in [0.15, 0.2) is 5.78 Å². The molecule has 0 radical (unpaired) electrons. The molecule has 0 saturated heterocycles. The molecule has 3 N–H and O–H groups in total. The Morgan fingerprint density at radius 3 is 2.29 bits per heavy atom. The number of carboxylic acid groups (broad SMARTS) is 1. The summed E-state index contributed by atoms with van der Waals surface area (Å²) in [5.74, 6) is 0.0705. The lowest BCUT2D eigenvalue weighted by Gasteiger charge is -2.72. The molecule has 8 heteroatoms. The molecule has 5 aliphatic carbocycles. The van der Waals surface area contributed by atoms with Gasteiger partial charge in [-0.05, 0) is 128 Å². The first-order valence-corrected chi connectivity index (χ1v) is 19.7. The fourth-order valence-electron chi connectivity index (χ4n) is 13.0. The third-order valence-electron chi connectivity index (χ3n) is 15.9. The summed E-state index contributed by atoms with van der Waals surface area (Å²) >= 11 is 0. The quantitative estimate of drug-likeness (QED) is 0.210. The second-order valence-electron chi connectivity index (χ2n) is 19.6. The number of nitrogens with zero attached hydrogens (tertiary/aromatic N) is 1. The van der Waals surface area contributed by atoms with Gasteiger partial charge in [0.2, 0.25) is 0 Å². The van der Waals surface area contributed by atoms with Crippen molar-refractivity contribution < 1.29 is 29.3 Å². The van der Waals surface area contributed by atoms with Gasteiger partial charge < -0.3 is 20.3 Å². The predicted octanol–water partition coefficient (Wildman–Crippen LogP) is 7.93. The van der Waals surface area contributed by atoms with Crippen LogP contribution in [-0.2, 0) is 25.7 Å². The molecule has 8 nitrogen and oxygen atoms in total. The van der Waals surface area contributed by atoms with E-state index in [-0.39, 0.29) is 51.8 Å². The van der Waals surface area contributed by atoms with Crippen LogP contribution in [0.1, 0.15) is 132 Å². The molecule has 51 heavy (non-hydrogen) atoms. The van der Waals surface area contributed by atoms with Crippen LogP contribution in [-0.4, -0.2) is 51.7 Å². The van der Waals surface area contributed by atoms with Crippen molar-refractivity contribution in [2.45, 2.75) is 145 Å². The maximum atomic E-state index is 14.0. The zero-order valence-corrected chi connectivity index (χ0v) is 32.7. The number of ether oxygens (including phenoxy) is 1. The largest absolute Gasteiger partial charge is 0.481 e. The Morgan fingerprint density at radius 1 is 0.961 bits per heavy atom. The fourth-order valence-corrected chi connectivity index (χ4v) is 13.0. The van der Waals surface area contributed by atoms with E-state index in [2.05, 4.69) is 58.8 Å². The molecule has 4 saturated carbocycles. The van der Waals surface area contributed by atoms with Gasteiger partial charge in [0, 0.05) is 42.7 Å². The minimum Gasteiger partial charge on any atom is -0.481 e. The number of esters is 1. The number of aliphatic hydroxyl groups is 1. The molecule has 5 aliphatic rings. The number of aliphatic hydroxyl groups excluding tert-OH is 1. The zero-order chi connectivity index (χ0) is 37.4. The number of hydrogen-bond acceptors (Lipinski definition) is 7. The Hall–Kier alpha value is -2.58. The second-order valence-corrected chi connectivity index (χ2v) is 19.6. The summed E-state index contributed by atoms with van der Waals surface area (Å²) in [6, 6.07) is 3.98. The Balaban J connectivity index is 1.26. The number of nitrogens with one attached hydrogen (secondary N) is 1. The van der Waals surface area contributed by atoms with Crippen LogP contribution in [0.3, 0.4) is 0 Å². The van der Waals surface area contributed by atoms with E-state index in [1.54, 1.807) is 26.2 Å². The van der Waals surface area contributed by atoms with Crippen molar-refractivity contribution in [2.24, 2.45) is 56.2 Å². The first kappa shape index (κ1) is 38.2. The van der Waals surface area contributed by atoms with Gasteiger partial charge in [-0.3, -0.25) is 19.4 Å². The Bertz CT molecular complexity index is 1570. The van der Waals surface area contributed by atoms with Gasteiger partial charge in [0.25, 0.3) is 0 Å². The molecule has 0 aliphatic heterocycles. The SMILES string of the molecule is CC(C)C1=C2C3CCC4C5(C)CCC(OC(=O)CC(C)(C)C(=O)O)C(C)(C)C5CCC4(C)C3(C)CCC2(C(O)CNCc2ccncc2)CC1=O. The van der Waals surface area contributed by atoms with E-state index in [0.717, 1.165) is 62.5 Å². The van der Waals surface area contributed by atoms with E-state index in [1.807, 2.05) is 12.1 Å². The molecule has 1 aromatic rings. The normalized spacial score (nSPS) is 38.0. The topological polar surface area (TPSA) is 126 Å². The lowest BCUT2D eigenvalue weighted by atomic mass is 9.33. The highest BCUT2D eigenvalue weighted by atomic mass is 16.5. The van der Waals surface area contributed by atoms with Crippen LogP contribution in [0.25, 0.3) is 0 Å². The molecular weight excluding hydrogens is 640 g/mol. The minimum absolute atomic E-state index is 0.00640. The lowest BCUT2D eigenvalue weighted by molar-refractivity contribution is -0.235. The molecule has 0 spiro atoms. The summed E-state index contributed by atoms with van der Waals surface area (Å²) in [5.41, 5.74) is 1.61. The summed E-state index contributed by atoms with van der Waals surface area (Å²) in [6.07, 6.45) is 10.8. The van der Waals surface area contributed by atoms with E-state index < -0.39 is 28.9 Å². The summed E-state index contributed by atoms with van der Waals surface area (Å²) < 4.78 is 6.16. The Labute approximate surface area is 306 Å². The van der Waals surface area contributed by atoms with Crippen LogP contribution in [0.2, 0.25) is 0 Å². The van der Waals surface area contributed by atoms with Crippen molar-refractivity contribution >= 4 is 17.7 Å². The molecular formula is C43H64N2O6. The number of allylic oxidation sites excluding steroid dienone is 1. The van der Waals surface area contributed by atoms with Gasteiger partial charge in [-0.2, -0.15) is 0 Å². The summed E-state index contributed by atoms with van der Waals surface area (Å²) in [5, 5.41) is 25.2. The highest BCUT2D eigenvalue weighted by Gasteiger charge is 2.70. The number of hydrogen-bond donors (Lipinski definition) is 3. The monoisotopic (exact) mass is 704 g/mol. The van der Waals surface area contributed by atoms with Crippen molar-refractivity contribution in [2.75, 3.05) is 6.54 Å². The van der Waals surface area contributed by atoms with Crippen LogP contribution in [0.4, 0.5) is 0 Å². The predicted molar refractivity (Wildman–Crippen MR) is 197 cm³/mol. The number of fused-ring (bicyclic) bond motifs is 7. The van der Waals surface area contributed by atoms with E-state index in [1.165, 1.54) is 5.57 Å². The molecule has 0 bridgehead atoms. The molecule has 6 rings (SSSR count). The van der Waals surface area contributed by atoms with Crippen molar-refractivity contribution in [3.63, 3.8) is 0 Å². The van der Waals surface area contributed by atoms with Gasteiger partial charge in [-0.25, -0.2) is 0 Å². The molecule has 4 fully saturated rings. The summed E-state index contributed by atoms with van der Waals surface area (Å²) in [7, 11) is 0. The highest BCUT2D eigenvalue weighted by molar-refractivity contribution is 6.00. The van der Waals surface area contributed by atoms with Crippen LogP contribution in [0.5, 0.6) is 0 Å². The average Bonchev–Trinajstić information content (AvgIpc) is 3.36. The third-order valence-corrected chi connectivity index (χ3v) is 15.9. The zero-order valence-electron chi connectivity index (χ0n) is 32.7. The maximum absolute atomic E-state index is 14.0. The minimum atomic E-state index is -1.16. The molecule has 1 heterocycles. The number of carboxylic acids is 1. The standard InChI is InChI=1S/C43H64N2O6/c1-26(2)35-29(46)22-43(32(47)25-45-24-27-14-20-44-21-15-27)19-18-41(8)28(36(35)43)10-11-31-40(7)16-13-33(51-34(48)23-38(3,4)37(49)50)39(5,6)30(40)12-17-42(31,41)9/h14-15,20-21,26,28,30-33,45,47H,10-13,16-19,22-25H2,1-9H3,(H,49,50). The van der Waals surface area contributed by atoms with Crippen LogP contribution in [0.15, 0.2) is 35.7 Å². The maximum Gasteiger partial charge on any atom is 0.309 e. The number of rotatable bonds is 10. The van der Waals surface area contributed by atoms with Gasteiger partial charge in [-0.1, -0.05) is 54.0 Å². The number of carbonyl (C=O) groups is 3. The van der Waals surface area contributed by atoms with E-state index in [4.69, 9.17) is 4.74 Å². The molecule has 9 unspecified atom stereocenters. The number of aliphatic carboxylic acids is 1. The van der Waals surface area contributed by atoms with Gasteiger partial charge in [0.05, 0.1) is 17.9 Å². The van der Waals surface area contributed by atoms with Crippen molar-refractivity contribution in [3.05, 3.63) is 41.2 Å². The first-order valence-electron chi connectivity index (χ1n) is 19.7. The van der Waals surface area contributed by atoms with Crippen molar-refractivity contribution in [1.82, 2.24) is 10.3 Å². The summed E-state index contributed by atoms with van der Waals surface area (Å²) in [4.78, 5) is 42.9. The Kier molecular flexibility index (Phi) is 9.78. The van der Waals surface area contributed by atoms with E-state index in [9.17, 15) is 24.6 Å². The number of pyridine rings is 1. The van der Waals surface area contributed by atoms with Crippen LogP contribution < -0.4 is 5.32 Å². The van der Waals surface area contributed by atoms with E-state index in [0.29, 0.717) is 31.3 Å². The Morgan fingerprint density at radius 2 is 1.65 bits per heavy atom. The number of Topliss-reactive ketones (excluding diaryl/α,β-unsaturated/α-hetero) is 1. The number of aromatic nitrogens is 1. The van der Waals surface area contributed by atoms with Crippen LogP contribution >= 0.6 is 0 Å². The first-order chi connectivity index (χ1) is 23.7.